The van der Waals surface area contributed by atoms with Crippen LogP contribution in [0.2, 0.25) is 5.02 Å². The summed E-state index contributed by atoms with van der Waals surface area (Å²) in [7, 11) is 0. The highest BCUT2D eigenvalue weighted by atomic mass is 35.5. The van der Waals surface area contributed by atoms with Crippen LogP contribution in [0.1, 0.15) is 16.1 Å². The summed E-state index contributed by atoms with van der Waals surface area (Å²) in [4.78, 5) is 21.3. The van der Waals surface area contributed by atoms with E-state index in [1.165, 1.54) is 30.2 Å². The molecule has 2 aromatic heterocycles. The van der Waals surface area contributed by atoms with Crippen LogP contribution in [0.25, 0.3) is 11.6 Å². The van der Waals surface area contributed by atoms with Crippen molar-refractivity contribution in [1.82, 2.24) is 9.97 Å². The normalized spacial score (nSPS) is 10.7. The van der Waals surface area contributed by atoms with Gasteiger partial charge in [-0.25, -0.2) is 14.4 Å². The number of nitrogens with one attached hydrogen (secondary N) is 1. The smallest absolute Gasteiger partial charge is 0.260 e. The Morgan fingerprint density at radius 3 is 2.76 bits per heavy atom. The summed E-state index contributed by atoms with van der Waals surface area (Å²) in [6.07, 6.45) is 3.32. The fraction of sp³-hybridized carbons (Fsp3) is 0.118. The summed E-state index contributed by atoms with van der Waals surface area (Å²) in [6.45, 7) is 1.69. The van der Waals surface area contributed by atoms with Crippen molar-refractivity contribution in [2.75, 3.05) is 11.6 Å². The number of carbonyl (C=O) groups is 1. The molecule has 0 aliphatic carbocycles. The molecule has 0 radical (unpaired) electrons. The van der Waals surface area contributed by atoms with Crippen molar-refractivity contribution >= 4 is 35.0 Å². The van der Waals surface area contributed by atoms with Crippen LogP contribution in [-0.4, -0.2) is 22.1 Å². The molecule has 1 amide bonds. The second-order valence-corrected chi connectivity index (χ2v) is 6.25. The maximum atomic E-state index is 14.0. The number of aryl methyl sites for hydroxylation is 1. The molecule has 5 nitrogen and oxygen atoms in total. The van der Waals surface area contributed by atoms with Crippen LogP contribution in [0.5, 0.6) is 0 Å². The lowest BCUT2D eigenvalue weighted by Gasteiger charge is -2.12. The molecule has 25 heavy (non-hydrogen) atoms. The van der Waals surface area contributed by atoms with Crippen LogP contribution in [0, 0.1) is 12.7 Å². The van der Waals surface area contributed by atoms with Gasteiger partial charge < -0.3 is 9.73 Å². The van der Waals surface area contributed by atoms with E-state index in [9.17, 15) is 9.18 Å². The number of carbonyl (C=O) groups excluding carboxylic acids is 1. The van der Waals surface area contributed by atoms with E-state index >= 15 is 0 Å². The van der Waals surface area contributed by atoms with Gasteiger partial charge in [0.1, 0.15) is 5.03 Å². The SMILES string of the molecule is CSc1nc(-c2ccco2)nc(C)c1C(=O)Nc1cccc(Cl)c1F. The van der Waals surface area contributed by atoms with Crippen molar-refractivity contribution in [2.45, 2.75) is 11.9 Å². The third kappa shape index (κ3) is 3.52. The quantitative estimate of drug-likeness (QED) is 0.522. The number of furan rings is 1. The molecule has 3 rings (SSSR count). The van der Waals surface area contributed by atoms with Crippen LogP contribution >= 0.6 is 23.4 Å². The van der Waals surface area contributed by atoms with E-state index in [2.05, 4.69) is 15.3 Å². The Bertz CT molecular complexity index is 932. The average Bonchev–Trinajstić information content (AvgIpc) is 3.12. The van der Waals surface area contributed by atoms with Gasteiger partial charge in [-0.05, 0) is 37.4 Å². The minimum absolute atomic E-state index is 0.000867. The van der Waals surface area contributed by atoms with Crippen LogP contribution in [0.3, 0.4) is 0 Å². The van der Waals surface area contributed by atoms with E-state index < -0.39 is 11.7 Å². The Balaban J connectivity index is 1.98. The fourth-order valence-corrected chi connectivity index (χ4v) is 3.05. The van der Waals surface area contributed by atoms with Gasteiger partial charge in [0.2, 0.25) is 0 Å². The Morgan fingerprint density at radius 1 is 1.28 bits per heavy atom. The van der Waals surface area contributed by atoms with Crippen molar-refractivity contribution < 1.29 is 13.6 Å². The molecule has 0 fully saturated rings. The van der Waals surface area contributed by atoms with Gasteiger partial charge in [-0.1, -0.05) is 17.7 Å². The molecule has 2 heterocycles. The number of rotatable bonds is 4. The van der Waals surface area contributed by atoms with Crippen LogP contribution < -0.4 is 5.32 Å². The minimum Gasteiger partial charge on any atom is -0.461 e. The molecule has 3 aromatic rings. The van der Waals surface area contributed by atoms with Crippen LogP contribution in [0.4, 0.5) is 10.1 Å². The van der Waals surface area contributed by atoms with Gasteiger partial charge in [-0.15, -0.1) is 11.8 Å². The van der Waals surface area contributed by atoms with Gasteiger partial charge in [0.05, 0.1) is 28.2 Å². The number of thioether (sulfide) groups is 1. The number of hydrogen-bond acceptors (Lipinski definition) is 5. The zero-order valence-electron chi connectivity index (χ0n) is 13.3. The van der Waals surface area contributed by atoms with Crippen molar-refractivity contribution in [3.8, 4) is 11.6 Å². The van der Waals surface area contributed by atoms with Gasteiger partial charge in [-0.3, -0.25) is 4.79 Å². The van der Waals surface area contributed by atoms with E-state index in [1.54, 1.807) is 31.4 Å². The summed E-state index contributed by atoms with van der Waals surface area (Å²) < 4.78 is 19.3. The molecule has 128 valence electrons. The Morgan fingerprint density at radius 2 is 2.08 bits per heavy atom. The van der Waals surface area contributed by atoms with E-state index in [1.807, 2.05) is 0 Å². The summed E-state index contributed by atoms with van der Waals surface area (Å²) in [6, 6.07) is 7.87. The van der Waals surface area contributed by atoms with Crippen molar-refractivity contribution in [1.29, 1.82) is 0 Å². The Labute approximate surface area is 152 Å². The Hall–Kier alpha value is -2.38. The van der Waals surface area contributed by atoms with Gasteiger partial charge in [0.15, 0.2) is 17.4 Å². The van der Waals surface area contributed by atoms with Crippen LogP contribution in [-0.2, 0) is 0 Å². The van der Waals surface area contributed by atoms with Crippen molar-refractivity contribution in [2.24, 2.45) is 0 Å². The number of nitrogens with zero attached hydrogens (tertiary/aromatic N) is 2. The zero-order chi connectivity index (χ0) is 18.0. The first-order valence-corrected chi connectivity index (χ1v) is 8.83. The summed E-state index contributed by atoms with van der Waals surface area (Å²) in [5.41, 5.74) is 0.743. The molecular formula is C17H13ClFN3O2S. The lowest BCUT2D eigenvalue weighted by molar-refractivity contribution is 0.102. The largest absolute Gasteiger partial charge is 0.461 e. The third-order valence-corrected chi connectivity index (χ3v) is 4.39. The summed E-state index contributed by atoms with van der Waals surface area (Å²) in [5.74, 6) is -0.299. The molecule has 0 unspecified atom stereocenters. The maximum absolute atomic E-state index is 14.0. The number of benzene rings is 1. The summed E-state index contributed by atoms with van der Waals surface area (Å²) in [5, 5.41) is 2.93. The number of halogens is 2. The lowest BCUT2D eigenvalue weighted by Crippen LogP contribution is -2.17. The molecule has 0 atom stereocenters. The van der Waals surface area contributed by atoms with Crippen molar-refractivity contribution in [3.05, 3.63) is 58.7 Å². The number of amides is 1. The topological polar surface area (TPSA) is 68.0 Å². The third-order valence-electron chi connectivity index (χ3n) is 3.42. The van der Waals surface area contributed by atoms with E-state index in [-0.39, 0.29) is 16.3 Å². The number of hydrogen-bond donors (Lipinski definition) is 1. The molecule has 1 N–H and O–H groups in total. The highest BCUT2D eigenvalue weighted by molar-refractivity contribution is 7.98. The van der Waals surface area contributed by atoms with Gasteiger partial charge in [-0.2, -0.15) is 0 Å². The highest BCUT2D eigenvalue weighted by Crippen LogP contribution is 2.27. The molecule has 1 aromatic carbocycles. The standard InChI is InChI=1S/C17H13ClFN3O2S/c1-9-13(16(23)21-11-6-3-5-10(18)14(11)19)17(25-2)22-15(20-9)12-7-4-8-24-12/h3-8H,1-2H3,(H,21,23). The van der Waals surface area contributed by atoms with E-state index in [0.29, 0.717) is 22.3 Å². The molecule has 0 aliphatic heterocycles. The average molecular weight is 378 g/mol. The summed E-state index contributed by atoms with van der Waals surface area (Å²) >= 11 is 7.04. The van der Waals surface area contributed by atoms with Gasteiger partial charge >= 0.3 is 0 Å². The molecule has 0 saturated carbocycles. The number of anilines is 1. The number of aromatic nitrogens is 2. The van der Waals surface area contributed by atoms with Crippen molar-refractivity contribution in [3.63, 3.8) is 0 Å². The molecule has 0 saturated heterocycles. The molecule has 0 spiro atoms. The first kappa shape index (κ1) is 17.4. The maximum Gasteiger partial charge on any atom is 0.260 e. The minimum atomic E-state index is -0.686. The van der Waals surface area contributed by atoms with Gasteiger partial charge in [0, 0.05) is 0 Å². The van der Waals surface area contributed by atoms with Crippen LogP contribution in [0.15, 0.2) is 46.0 Å². The molecular weight excluding hydrogens is 365 g/mol. The monoisotopic (exact) mass is 377 g/mol. The predicted molar refractivity (Wildman–Crippen MR) is 95.6 cm³/mol. The van der Waals surface area contributed by atoms with E-state index in [4.69, 9.17) is 16.0 Å². The first-order chi connectivity index (χ1) is 12.0. The lowest BCUT2D eigenvalue weighted by atomic mass is 10.2. The Kier molecular flexibility index (Phi) is 5.06. The van der Waals surface area contributed by atoms with E-state index in [0.717, 1.165) is 0 Å². The molecule has 8 heteroatoms. The first-order valence-electron chi connectivity index (χ1n) is 7.23. The van der Waals surface area contributed by atoms with Gasteiger partial charge in [0.25, 0.3) is 5.91 Å². The predicted octanol–water partition coefficient (Wildman–Crippen LogP) is 4.81. The molecule has 0 bridgehead atoms. The zero-order valence-corrected chi connectivity index (χ0v) is 14.9. The fourth-order valence-electron chi connectivity index (χ4n) is 2.26. The highest BCUT2D eigenvalue weighted by Gasteiger charge is 2.21. The molecule has 0 aliphatic rings. The second-order valence-electron chi connectivity index (χ2n) is 5.05. The second kappa shape index (κ2) is 7.25.